The summed E-state index contributed by atoms with van der Waals surface area (Å²) in [7, 11) is 0. The second kappa shape index (κ2) is 4.96. The van der Waals surface area contributed by atoms with Crippen LogP contribution < -0.4 is 0 Å². The van der Waals surface area contributed by atoms with E-state index in [1.165, 1.54) is 0 Å². The molecule has 5 aliphatic rings. The van der Waals surface area contributed by atoms with Gasteiger partial charge in [-0.3, -0.25) is 0 Å². The second-order valence-corrected chi connectivity index (χ2v) is 10.2. The third kappa shape index (κ3) is 1.80. The third-order valence-corrected chi connectivity index (χ3v) is 9.16. The first-order valence-corrected chi connectivity index (χ1v) is 10.2. The van der Waals surface area contributed by atoms with Crippen molar-refractivity contribution in [2.45, 2.75) is 82.9 Å². The van der Waals surface area contributed by atoms with Gasteiger partial charge in [0.05, 0.1) is 17.8 Å². The molecule has 3 aliphatic carbocycles. The first kappa shape index (κ1) is 18.1. The number of carbonyl (C=O) groups excluding carboxylic acids is 1. The van der Waals surface area contributed by atoms with Crippen LogP contribution in [-0.4, -0.2) is 57.4 Å². The molecule has 1 saturated heterocycles. The summed E-state index contributed by atoms with van der Waals surface area (Å²) >= 11 is 0. The molecule has 0 bridgehead atoms. The molecule has 27 heavy (non-hydrogen) atoms. The Morgan fingerprint density at radius 2 is 1.89 bits per heavy atom. The van der Waals surface area contributed by atoms with Crippen molar-refractivity contribution < 1.29 is 29.6 Å². The van der Waals surface area contributed by atoms with E-state index in [1.54, 1.807) is 0 Å². The maximum atomic E-state index is 12.1. The van der Waals surface area contributed by atoms with Crippen molar-refractivity contribution in [3.8, 4) is 0 Å². The fraction of sp³-hybridized carbons (Fsp3) is 0.857. The number of fused-ring (bicyclic) bond motifs is 3. The van der Waals surface area contributed by atoms with Crippen LogP contribution in [0.3, 0.4) is 0 Å². The minimum Gasteiger partial charge on any atom is -0.458 e. The summed E-state index contributed by atoms with van der Waals surface area (Å²) in [6.07, 6.45) is 0.170. The third-order valence-electron chi connectivity index (χ3n) is 9.16. The lowest BCUT2D eigenvalue weighted by Crippen LogP contribution is -2.72. The largest absolute Gasteiger partial charge is 0.458 e. The fourth-order valence-electron chi connectivity index (χ4n) is 7.24. The van der Waals surface area contributed by atoms with Gasteiger partial charge in [-0.15, -0.1) is 0 Å². The Morgan fingerprint density at radius 1 is 1.19 bits per heavy atom. The fourth-order valence-corrected chi connectivity index (χ4v) is 7.24. The van der Waals surface area contributed by atoms with Crippen molar-refractivity contribution >= 4 is 5.97 Å². The van der Waals surface area contributed by atoms with Gasteiger partial charge in [-0.2, -0.15) is 0 Å². The molecule has 2 unspecified atom stereocenters. The first-order chi connectivity index (χ1) is 12.5. The smallest absolute Gasteiger partial charge is 0.334 e. The maximum absolute atomic E-state index is 12.1. The summed E-state index contributed by atoms with van der Waals surface area (Å²) in [6, 6.07) is 0. The van der Waals surface area contributed by atoms with Crippen LogP contribution in [0.4, 0.5) is 0 Å². The highest BCUT2D eigenvalue weighted by Gasteiger charge is 2.82. The summed E-state index contributed by atoms with van der Waals surface area (Å²) in [4.78, 5) is 12.1. The average Bonchev–Trinajstić information content (AvgIpc) is 3.14. The zero-order valence-corrected chi connectivity index (χ0v) is 16.5. The Hall–Kier alpha value is -0.950. The quantitative estimate of drug-likeness (QED) is 0.470. The minimum absolute atomic E-state index is 0.140. The van der Waals surface area contributed by atoms with Crippen molar-refractivity contribution in [1.29, 1.82) is 0 Å². The molecular weight excluding hydrogens is 348 g/mol. The Labute approximate surface area is 159 Å². The van der Waals surface area contributed by atoms with Gasteiger partial charge in [-0.25, -0.2) is 4.79 Å². The van der Waals surface area contributed by atoms with Crippen molar-refractivity contribution in [3.05, 3.63) is 11.1 Å². The van der Waals surface area contributed by atoms with Crippen molar-refractivity contribution in [3.63, 3.8) is 0 Å². The van der Waals surface area contributed by atoms with E-state index in [0.717, 1.165) is 17.6 Å². The first-order valence-electron chi connectivity index (χ1n) is 10.2. The zero-order valence-electron chi connectivity index (χ0n) is 16.5. The minimum atomic E-state index is -1.36. The number of epoxide rings is 1. The highest BCUT2D eigenvalue weighted by atomic mass is 16.6. The monoisotopic (exact) mass is 378 g/mol. The molecule has 150 valence electrons. The lowest BCUT2D eigenvalue weighted by atomic mass is 9.40. The number of hydrogen-bond acceptors (Lipinski definition) is 6. The summed E-state index contributed by atoms with van der Waals surface area (Å²) in [5.41, 5.74) is -1.07. The lowest BCUT2D eigenvalue weighted by Gasteiger charge is -2.63. The molecule has 2 heterocycles. The molecule has 0 amide bonds. The van der Waals surface area contributed by atoms with Gasteiger partial charge in [0.15, 0.2) is 0 Å². The van der Waals surface area contributed by atoms with E-state index in [9.17, 15) is 20.1 Å². The molecule has 3 fully saturated rings. The number of rotatable bonds is 1. The van der Waals surface area contributed by atoms with Crippen LogP contribution in [0.1, 0.15) is 53.4 Å². The number of ether oxygens (including phenoxy) is 2. The predicted molar refractivity (Wildman–Crippen MR) is 95.6 cm³/mol. The molecule has 0 aromatic carbocycles. The number of esters is 1. The molecule has 0 aromatic rings. The van der Waals surface area contributed by atoms with E-state index in [0.29, 0.717) is 19.4 Å². The summed E-state index contributed by atoms with van der Waals surface area (Å²) < 4.78 is 11.5. The van der Waals surface area contributed by atoms with Crippen LogP contribution in [0.25, 0.3) is 0 Å². The van der Waals surface area contributed by atoms with E-state index in [-0.39, 0.29) is 41.2 Å². The van der Waals surface area contributed by atoms with Crippen molar-refractivity contribution in [2.24, 2.45) is 22.7 Å². The van der Waals surface area contributed by atoms with Gasteiger partial charge in [0.1, 0.15) is 18.3 Å². The number of aliphatic hydroxyl groups is 3. The summed E-state index contributed by atoms with van der Waals surface area (Å²) in [6.45, 7) is 8.40. The van der Waals surface area contributed by atoms with Crippen LogP contribution >= 0.6 is 0 Å². The van der Waals surface area contributed by atoms with Crippen molar-refractivity contribution in [2.75, 3.05) is 6.61 Å². The number of aliphatic hydroxyl groups excluding tert-OH is 2. The molecule has 5 rings (SSSR count). The van der Waals surface area contributed by atoms with Crippen LogP contribution in [0.2, 0.25) is 0 Å². The predicted octanol–water partition coefficient (Wildman–Crippen LogP) is 1.32. The number of carbonyl (C=O) groups is 1. The normalized spacial score (nSPS) is 56.2. The van der Waals surface area contributed by atoms with Crippen LogP contribution in [0.15, 0.2) is 11.1 Å². The topological polar surface area (TPSA) is 99.5 Å². The number of hydrogen-bond donors (Lipinski definition) is 3. The molecule has 0 aromatic heterocycles. The summed E-state index contributed by atoms with van der Waals surface area (Å²) in [5.74, 6) is -0.683. The molecule has 0 radical (unpaired) electrons. The molecular formula is C21H30O6. The van der Waals surface area contributed by atoms with Gasteiger partial charge >= 0.3 is 5.97 Å². The highest BCUT2D eigenvalue weighted by Crippen LogP contribution is 2.74. The molecule has 6 nitrogen and oxygen atoms in total. The van der Waals surface area contributed by atoms with Gasteiger partial charge in [0, 0.05) is 23.3 Å². The van der Waals surface area contributed by atoms with E-state index >= 15 is 0 Å². The molecule has 2 saturated carbocycles. The van der Waals surface area contributed by atoms with Gasteiger partial charge < -0.3 is 24.8 Å². The maximum Gasteiger partial charge on any atom is 0.334 e. The standard InChI is InChI=1S/C21H30O6/c1-10(2)20(25)7-13(22)15-18(3)6-5-11-12(9-26-16(11)23)19(18,4)8-14-21(15,27-14)17(20)24/h10,13-15,17,22,24-25H,5-9H2,1-4H3/t13-,14-,15?,17+,18+,19?,20+,21-/m0/s1. The van der Waals surface area contributed by atoms with Gasteiger partial charge in [0.25, 0.3) is 0 Å². The summed E-state index contributed by atoms with van der Waals surface area (Å²) in [5, 5.41) is 33.7. The molecule has 6 heteroatoms. The van der Waals surface area contributed by atoms with E-state index in [2.05, 4.69) is 13.8 Å². The van der Waals surface area contributed by atoms with Gasteiger partial charge in [-0.1, -0.05) is 27.7 Å². The van der Waals surface area contributed by atoms with E-state index in [4.69, 9.17) is 9.47 Å². The molecule has 1 spiro atoms. The van der Waals surface area contributed by atoms with Crippen LogP contribution in [0, 0.1) is 22.7 Å². The van der Waals surface area contributed by atoms with Crippen molar-refractivity contribution in [1.82, 2.24) is 0 Å². The van der Waals surface area contributed by atoms with Crippen LogP contribution in [-0.2, 0) is 14.3 Å². The Bertz CT molecular complexity index is 760. The molecule has 2 aliphatic heterocycles. The Morgan fingerprint density at radius 3 is 2.56 bits per heavy atom. The number of cyclic esters (lactones) is 1. The van der Waals surface area contributed by atoms with E-state index in [1.807, 2.05) is 13.8 Å². The Balaban J connectivity index is 1.63. The molecule has 3 N–H and O–H groups in total. The lowest BCUT2D eigenvalue weighted by molar-refractivity contribution is -0.237. The average molecular weight is 378 g/mol. The van der Waals surface area contributed by atoms with Gasteiger partial charge in [-0.05, 0) is 36.2 Å². The zero-order chi connectivity index (χ0) is 19.6. The van der Waals surface area contributed by atoms with E-state index < -0.39 is 23.4 Å². The second-order valence-electron chi connectivity index (χ2n) is 10.2. The highest BCUT2D eigenvalue weighted by molar-refractivity contribution is 5.92. The van der Waals surface area contributed by atoms with Gasteiger partial charge in [0.2, 0.25) is 0 Å². The molecule has 8 atom stereocenters. The SMILES string of the molecule is CC(C)[C@]1(O)C[C@H](O)C2[C@]3(O[C@H]3CC3(C)C4=C(CC[C@]23C)C(=O)OC4)[C@@H]1O. The van der Waals surface area contributed by atoms with Crippen LogP contribution in [0.5, 0.6) is 0 Å². The Kier molecular flexibility index (Phi) is 3.33.